The summed E-state index contributed by atoms with van der Waals surface area (Å²) in [6.07, 6.45) is 12.9. The van der Waals surface area contributed by atoms with Crippen LogP contribution < -0.4 is 10.2 Å². The summed E-state index contributed by atoms with van der Waals surface area (Å²) in [5.41, 5.74) is 17.3. The van der Waals surface area contributed by atoms with E-state index in [1.807, 2.05) is 6.20 Å². The Bertz CT molecular complexity index is 2340. The summed E-state index contributed by atoms with van der Waals surface area (Å²) in [6.45, 7) is 0. The van der Waals surface area contributed by atoms with Gasteiger partial charge in [0.25, 0.3) is 0 Å². The number of dihydropyridines is 1. The first-order chi connectivity index (χ1) is 23.8. The summed E-state index contributed by atoms with van der Waals surface area (Å²) in [7, 11) is 0. The smallest absolute Gasteiger partial charge is 0.0768 e. The van der Waals surface area contributed by atoms with Gasteiger partial charge in [-0.15, -0.1) is 0 Å². The molecule has 48 heavy (non-hydrogen) atoms. The van der Waals surface area contributed by atoms with Crippen LogP contribution >= 0.6 is 0 Å². The average Bonchev–Trinajstić information content (AvgIpc) is 3.45. The zero-order valence-corrected chi connectivity index (χ0v) is 26.3. The Balaban J connectivity index is 1.20. The van der Waals surface area contributed by atoms with E-state index in [-0.39, 0.29) is 6.04 Å². The number of fused-ring (bicyclic) bond motifs is 10. The number of nitrogens with zero attached hydrogens (tertiary/aromatic N) is 1. The van der Waals surface area contributed by atoms with Crippen LogP contribution in [-0.2, 0) is 5.41 Å². The molecule has 4 aliphatic rings. The summed E-state index contributed by atoms with van der Waals surface area (Å²) < 4.78 is 0. The molecule has 0 aromatic heterocycles. The Morgan fingerprint density at radius 3 is 1.98 bits per heavy atom. The lowest BCUT2D eigenvalue weighted by Gasteiger charge is -2.45. The van der Waals surface area contributed by atoms with E-state index in [1.165, 1.54) is 72.6 Å². The van der Waals surface area contributed by atoms with Crippen LogP contribution in [-0.4, -0.2) is 6.04 Å². The topological polar surface area (TPSA) is 15.3 Å². The lowest BCUT2D eigenvalue weighted by atomic mass is 9.64. The standard InChI is InChI=1S/C46H32N2/c1-2-17-35(18-3-1)48-43-24-8-6-22-40(43)46(41-23-7-9-25-44(41)48)39-21-5-4-19-37(39)38-27-26-33(30-42(38)46)32-14-10-15-34(29-32)36-20-11-13-31-16-12-28-47-45(31)36/h1-30,45,47H. The van der Waals surface area contributed by atoms with Crippen LogP contribution in [0.5, 0.6) is 0 Å². The van der Waals surface area contributed by atoms with E-state index in [1.54, 1.807) is 0 Å². The molecule has 6 aromatic carbocycles. The summed E-state index contributed by atoms with van der Waals surface area (Å²) in [5.74, 6) is 0. The second kappa shape index (κ2) is 10.4. The van der Waals surface area contributed by atoms with E-state index in [0.717, 1.165) is 5.69 Å². The zero-order chi connectivity index (χ0) is 31.7. The van der Waals surface area contributed by atoms with Crippen molar-refractivity contribution in [2.45, 2.75) is 11.5 Å². The fourth-order valence-corrected chi connectivity index (χ4v) is 8.57. The Kier molecular flexibility index (Phi) is 5.89. The number of benzene rings is 6. The number of allylic oxidation sites excluding steroid dienone is 4. The predicted molar refractivity (Wildman–Crippen MR) is 199 cm³/mol. The minimum Gasteiger partial charge on any atom is -0.380 e. The minimum absolute atomic E-state index is 0.163. The number of hydrogen-bond acceptors (Lipinski definition) is 2. The van der Waals surface area contributed by atoms with Gasteiger partial charge in [-0.2, -0.15) is 0 Å². The number of hydrogen-bond donors (Lipinski definition) is 1. The Labute approximate surface area is 281 Å². The largest absolute Gasteiger partial charge is 0.380 e. The molecule has 2 heteroatoms. The lowest BCUT2D eigenvalue weighted by Crippen LogP contribution is -2.36. The molecule has 0 bridgehead atoms. The van der Waals surface area contributed by atoms with Crippen LogP contribution in [0.3, 0.4) is 0 Å². The van der Waals surface area contributed by atoms with Gasteiger partial charge in [0, 0.05) is 5.69 Å². The van der Waals surface area contributed by atoms with Gasteiger partial charge in [-0.3, -0.25) is 0 Å². The Morgan fingerprint density at radius 2 is 1.17 bits per heavy atom. The highest BCUT2D eigenvalue weighted by atomic mass is 15.2. The molecular formula is C46H32N2. The Hall–Kier alpha value is -6.12. The summed E-state index contributed by atoms with van der Waals surface area (Å²) in [5, 5.41) is 3.57. The monoisotopic (exact) mass is 612 g/mol. The average molecular weight is 613 g/mol. The molecule has 0 saturated heterocycles. The van der Waals surface area contributed by atoms with Gasteiger partial charge in [-0.25, -0.2) is 0 Å². The van der Waals surface area contributed by atoms with Gasteiger partial charge in [-0.05, 0) is 110 Å². The van der Waals surface area contributed by atoms with Crippen molar-refractivity contribution >= 4 is 22.6 Å². The normalized spacial score (nSPS) is 17.3. The number of anilines is 3. The summed E-state index contributed by atoms with van der Waals surface area (Å²) in [4.78, 5) is 2.44. The molecule has 2 nitrogen and oxygen atoms in total. The van der Waals surface area contributed by atoms with E-state index >= 15 is 0 Å². The van der Waals surface area contributed by atoms with Gasteiger partial charge in [0.05, 0.1) is 22.8 Å². The fraction of sp³-hybridized carbons (Fsp3) is 0.0435. The molecule has 1 spiro atoms. The molecule has 0 amide bonds. The summed E-state index contributed by atoms with van der Waals surface area (Å²) >= 11 is 0. The first-order valence-electron chi connectivity index (χ1n) is 16.7. The maximum Gasteiger partial charge on any atom is 0.0768 e. The van der Waals surface area contributed by atoms with Crippen LogP contribution in [0.4, 0.5) is 17.1 Å². The molecule has 1 N–H and O–H groups in total. The molecule has 0 fully saturated rings. The van der Waals surface area contributed by atoms with Gasteiger partial charge in [0.1, 0.15) is 0 Å². The van der Waals surface area contributed by atoms with Crippen molar-refractivity contribution < 1.29 is 0 Å². The highest BCUT2D eigenvalue weighted by molar-refractivity contribution is 5.96. The molecule has 1 unspecified atom stereocenters. The Morgan fingerprint density at radius 1 is 0.500 bits per heavy atom. The third-order valence-electron chi connectivity index (χ3n) is 10.5. The number of para-hydroxylation sites is 3. The molecule has 10 rings (SSSR count). The van der Waals surface area contributed by atoms with Crippen LogP contribution in [0, 0.1) is 0 Å². The molecule has 2 heterocycles. The second-order valence-corrected chi connectivity index (χ2v) is 12.9. The fourth-order valence-electron chi connectivity index (χ4n) is 8.57. The molecule has 6 aromatic rings. The number of nitrogens with one attached hydrogen (secondary N) is 1. The van der Waals surface area contributed by atoms with Crippen molar-refractivity contribution in [3.8, 4) is 22.3 Å². The van der Waals surface area contributed by atoms with Gasteiger partial charge in [0.15, 0.2) is 0 Å². The van der Waals surface area contributed by atoms with Gasteiger partial charge in [0.2, 0.25) is 0 Å². The molecule has 226 valence electrons. The van der Waals surface area contributed by atoms with Crippen molar-refractivity contribution in [2.24, 2.45) is 0 Å². The van der Waals surface area contributed by atoms with Crippen molar-refractivity contribution in [3.05, 3.63) is 216 Å². The first-order valence-corrected chi connectivity index (χ1v) is 16.7. The van der Waals surface area contributed by atoms with Crippen LogP contribution in [0.1, 0.15) is 27.8 Å². The maximum absolute atomic E-state index is 3.57. The quantitative estimate of drug-likeness (QED) is 0.214. The molecule has 2 aliphatic carbocycles. The molecule has 2 aliphatic heterocycles. The number of rotatable bonds is 3. The third kappa shape index (κ3) is 3.74. The van der Waals surface area contributed by atoms with E-state index in [0.29, 0.717) is 0 Å². The van der Waals surface area contributed by atoms with Crippen LogP contribution in [0.2, 0.25) is 0 Å². The van der Waals surface area contributed by atoms with Crippen LogP contribution in [0.25, 0.3) is 27.8 Å². The molecule has 1 atom stereocenters. The van der Waals surface area contributed by atoms with E-state index in [4.69, 9.17) is 0 Å². The minimum atomic E-state index is -0.466. The zero-order valence-electron chi connectivity index (χ0n) is 26.3. The van der Waals surface area contributed by atoms with Crippen molar-refractivity contribution in [1.82, 2.24) is 5.32 Å². The first kappa shape index (κ1) is 27.0. The SMILES string of the molecule is C1=CNC2C(=C1)C=CC=C2c1cccc(-c2ccc3c(c2)C2(c4ccccc4-3)c3ccccc3N(c3ccccc3)c3ccccc32)c1. The van der Waals surface area contributed by atoms with Crippen LogP contribution in [0.15, 0.2) is 188 Å². The second-order valence-electron chi connectivity index (χ2n) is 12.9. The van der Waals surface area contributed by atoms with Crippen molar-refractivity contribution in [1.29, 1.82) is 0 Å². The van der Waals surface area contributed by atoms with Gasteiger partial charge >= 0.3 is 0 Å². The molecule has 0 radical (unpaired) electrons. The van der Waals surface area contributed by atoms with Crippen molar-refractivity contribution in [3.63, 3.8) is 0 Å². The third-order valence-corrected chi connectivity index (χ3v) is 10.5. The van der Waals surface area contributed by atoms with Gasteiger partial charge < -0.3 is 10.2 Å². The predicted octanol–water partition coefficient (Wildman–Crippen LogP) is 10.9. The molecule has 0 saturated carbocycles. The highest BCUT2D eigenvalue weighted by Gasteiger charge is 2.51. The van der Waals surface area contributed by atoms with E-state index in [9.17, 15) is 0 Å². The maximum atomic E-state index is 3.57. The van der Waals surface area contributed by atoms with Gasteiger partial charge in [-0.1, -0.05) is 133 Å². The van der Waals surface area contributed by atoms with E-state index in [2.05, 4.69) is 186 Å². The highest BCUT2D eigenvalue weighted by Crippen LogP contribution is 2.63. The van der Waals surface area contributed by atoms with E-state index < -0.39 is 5.41 Å². The van der Waals surface area contributed by atoms with Crippen molar-refractivity contribution in [2.75, 3.05) is 4.90 Å². The molecular weight excluding hydrogens is 581 g/mol. The summed E-state index contributed by atoms with van der Waals surface area (Å²) in [6, 6.07) is 54.2. The lowest BCUT2D eigenvalue weighted by molar-refractivity contribution is 0.753.